The van der Waals surface area contributed by atoms with Crippen LogP contribution in [0.1, 0.15) is 36.9 Å². The van der Waals surface area contributed by atoms with Crippen LogP contribution in [0, 0.1) is 11.8 Å². The van der Waals surface area contributed by atoms with Crippen molar-refractivity contribution in [2.45, 2.75) is 44.4 Å². The SMILES string of the molecule is CCc1ccc(C2CNCCN2C(=O)CN2C(=O)C3C4CCC(O4)C3C2=O)cc1. The van der Waals surface area contributed by atoms with Crippen LogP contribution in [0.25, 0.3) is 0 Å². The number of imide groups is 1. The number of ether oxygens (including phenoxy) is 1. The highest BCUT2D eigenvalue weighted by atomic mass is 16.5. The number of amides is 3. The van der Waals surface area contributed by atoms with Crippen molar-refractivity contribution in [2.24, 2.45) is 11.8 Å². The second-order valence-corrected chi connectivity index (χ2v) is 8.51. The van der Waals surface area contributed by atoms with Crippen LogP contribution in [0.2, 0.25) is 0 Å². The van der Waals surface area contributed by atoms with E-state index < -0.39 is 0 Å². The lowest BCUT2D eigenvalue weighted by Gasteiger charge is -2.37. The van der Waals surface area contributed by atoms with E-state index in [1.54, 1.807) is 0 Å². The van der Waals surface area contributed by atoms with E-state index in [4.69, 9.17) is 4.74 Å². The Labute approximate surface area is 170 Å². The molecule has 7 nitrogen and oxygen atoms in total. The molecule has 154 valence electrons. The fraction of sp³-hybridized carbons (Fsp3) is 0.591. The molecule has 2 bridgehead atoms. The molecule has 4 saturated heterocycles. The number of fused-ring (bicyclic) bond motifs is 5. The first-order valence-electron chi connectivity index (χ1n) is 10.7. The Balaban J connectivity index is 1.32. The maximum absolute atomic E-state index is 13.2. The minimum absolute atomic E-state index is 0.0889. The largest absolute Gasteiger partial charge is 0.373 e. The predicted molar refractivity (Wildman–Crippen MR) is 105 cm³/mol. The molecular formula is C22H27N3O4. The van der Waals surface area contributed by atoms with Gasteiger partial charge >= 0.3 is 0 Å². The van der Waals surface area contributed by atoms with E-state index in [1.165, 1.54) is 10.5 Å². The van der Waals surface area contributed by atoms with E-state index in [0.29, 0.717) is 19.6 Å². The molecule has 5 atom stereocenters. The highest BCUT2D eigenvalue weighted by Crippen LogP contribution is 2.48. The van der Waals surface area contributed by atoms with E-state index >= 15 is 0 Å². The lowest BCUT2D eigenvalue weighted by atomic mass is 9.81. The van der Waals surface area contributed by atoms with Crippen LogP contribution in [0.3, 0.4) is 0 Å². The molecule has 4 aliphatic rings. The van der Waals surface area contributed by atoms with Gasteiger partial charge in [0.25, 0.3) is 0 Å². The molecule has 5 rings (SSSR count). The van der Waals surface area contributed by atoms with E-state index in [-0.39, 0.29) is 54.4 Å². The molecule has 5 unspecified atom stereocenters. The van der Waals surface area contributed by atoms with Gasteiger partial charge in [0.05, 0.1) is 30.1 Å². The molecule has 4 aliphatic heterocycles. The topological polar surface area (TPSA) is 79.0 Å². The third-order valence-electron chi connectivity index (χ3n) is 7.01. The smallest absolute Gasteiger partial charge is 0.243 e. The van der Waals surface area contributed by atoms with E-state index in [9.17, 15) is 14.4 Å². The van der Waals surface area contributed by atoms with Gasteiger partial charge in [-0.1, -0.05) is 31.2 Å². The zero-order valence-corrected chi connectivity index (χ0v) is 16.7. The number of benzene rings is 1. The van der Waals surface area contributed by atoms with Crippen molar-refractivity contribution in [1.29, 1.82) is 0 Å². The Bertz CT molecular complexity index is 811. The highest BCUT2D eigenvalue weighted by molar-refractivity contribution is 6.08. The summed E-state index contributed by atoms with van der Waals surface area (Å²) in [5.41, 5.74) is 2.33. The number of likely N-dealkylation sites (tertiary alicyclic amines) is 1. The van der Waals surface area contributed by atoms with Gasteiger partial charge in [0.2, 0.25) is 17.7 Å². The monoisotopic (exact) mass is 397 g/mol. The molecule has 0 radical (unpaired) electrons. The van der Waals surface area contributed by atoms with Gasteiger partial charge in [0, 0.05) is 19.6 Å². The number of rotatable bonds is 4. The molecule has 0 saturated carbocycles. The Morgan fingerprint density at radius 2 is 1.76 bits per heavy atom. The lowest BCUT2D eigenvalue weighted by Crippen LogP contribution is -2.52. The molecule has 4 heterocycles. The average molecular weight is 397 g/mol. The summed E-state index contributed by atoms with van der Waals surface area (Å²) in [6.07, 6.45) is 2.34. The van der Waals surface area contributed by atoms with Crippen LogP contribution in [-0.2, 0) is 25.5 Å². The quantitative estimate of drug-likeness (QED) is 0.764. The minimum Gasteiger partial charge on any atom is -0.373 e. The Kier molecular flexibility index (Phi) is 4.67. The molecule has 1 N–H and O–H groups in total. The third kappa shape index (κ3) is 2.99. The molecule has 3 amide bonds. The van der Waals surface area contributed by atoms with Crippen LogP contribution >= 0.6 is 0 Å². The van der Waals surface area contributed by atoms with Gasteiger partial charge in [-0.05, 0) is 30.4 Å². The van der Waals surface area contributed by atoms with Crippen molar-refractivity contribution in [3.05, 3.63) is 35.4 Å². The van der Waals surface area contributed by atoms with Crippen molar-refractivity contribution in [3.8, 4) is 0 Å². The van der Waals surface area contributed by atoms with E-state index in [0.717, 1.165) is 24.8 Å². The summed E-state index contributed by atoms with van der Waals surface area (Å²) in [5, 5.41) is 3.35. The summed E-state index contributed by atoms with van der Waals surface area (Å²) >= 11 is 0. The van der Waals surface area contributed by atoms with Crippen LogP contribution in [0.15, 0.2) is 24.3 Å². The van der Waals surface area contributed by atoms with Crippen LogP contribution in [0.5, 0.6) is 0 Å². The first-order valence-corrected chi connectivity index (χ1v) is 10.7. The van der Waals surface area contributed by atoms with Crippen molar-refractivity contribution in [1.82, 2.24) is 15.1 Å². The molecule has 0 aliphatic carbocycles. The average Bonchev–Trinajstić information content (AvgIpc) is 3.44. The van der Waals surface area contributed by atoms with Gasteiger partial charge in [-0.25, -0.2) is 0 Å². The molecule has 1 aromatic rings. The zero-order chi connectivity index (χ0) is 20.1. The van der Waals surface area contributed by atoms with Crippen LogP contribution < -0.4 is 5.32 Å². The maximum atomic E-state index is 13.2. The fourth-order valence-corrected chi connectivity index (χ4v) is 5.43. The summed E-state index contributed by atoms with van der Waals surface area (Å²) in [4.78, 5) is 41.9. The number of nitrogens with one attached hydrogen (secondary N) is 1. The molecule has 1 aromatic carbocycles. The number of piperazine rings is 1. The van der Waals surface area contributed by atoms with Crippen molar-refractivity contribution < 1.29 is 19.1 Å². The second-order valence-electron chi connectivity index (χ2n) is 8.51. The van der Waals surface area contributed by atoms with Gasteiger partial charge in [-0.2, -0.15) is 0 Å². The first kappa shape index (κ1) is 18.8. The second kappa shape index (κ2) is 7.22. The number of nitrogens with zero attached hydrogens (tertiary/aromatic N) is 2. The van der Waals surface area contributed by atoms with Gasteiger partial charge in [0.15, 0.2) is 0 Å². The highest BCUT2D eigenvalue weighted by Gasteiger charge is 2.62. The Hall–Kier alpha value is -2.25. The summed E-state index contributed by atoms with van der Waals surface area (Å²) in [5.74, 6) is -1.37. The number of carbonyl (C=O) groups excluding carboxylic acids is 3. The summed E-state index contributed by atoms with van der Waals surface area (Å²) in [7, 11) is 0. The molecule has 4 fully saturated rings. The molecule has 29 heavy (non-hydrogen) atoms. The number of hydrogen-bond acceptors (Lipinski definition) is 5. The number of aryl methyl sites for hydroxylation is 1. The number of hydrogen-bond donors (Lipinski definition) is 1. The third-order valence-corrected chi connectivity index (χ3v) is 7.01. The molecule has 0 aromatic heterocycles. The summed E-state index contributed by atoms with van der Waals surface area (Å²) in [6.45, 7) is 3.90. The molecular weight excluding hydrogens is 370 g/mol. The molecule has 0 spiro atoms. The summed E-state index contributed by atoms with van der Waals surface area (Å²) < 4.78 is 5.77. The van der Waals surface area contributed by atoms with Crippen LogP contribution in [0.4, 0.5) is 0 Å². The van der Waals surface area contributed by atoms with Gasteiger partial charge in [0.1, 0.15) is 6.54 Å². The van der Waals surface area contributed by atoms with Crippen LogP contribution in [-0.4, -0.2) is 65.9 Å². The van der Waals surface area contributed by atoms with Crippen molar-refractivity contribution >= 4 is 17.7 Å². The normalized spacial score (nSPS) is 33.5. The molecule has 7 heteroatoms. The van der Waals surface area contributed by atoms with Gasteiger partial charge in [-0.3, -0.25) is 19.3 Å². The standard InChI is InChI=1S/C22H27N3O4/c1-2-13-3-5-14(6-4-13)15-11-23-9-10-24(15)18(26)12-25-21(27)19-16-7-8-17(29-16)20(19)22(25)28/h3-6,15-17,19-20,23H,2,7-12H2,1H3. The van der Waals surface area contributed by atoms with Crippen molar-refractivity contribution in [3.63, 3.8) is 0 Å². The predicted octanol–water partition coefficient (Wildman–Crippen LogP) is 0.884. The maximum Gasteiger partial charge on any atom is 0.243 e. The fourth-order valence-electron chi connectivity index (χ4n) is 5.43. The van der Waals surface area contributed by atoms with E-state index in [2.05, 4.69) is 36.5 Å². The zero-order valence-electron chi connectivity index (χ0n) is 16.7. The summed E-state index contributed by atoms with van der Waals surface area (Å²) in [6, 6.07) is 8.24. The Morgan fingerprint density at radius 3 is 2.38 bits per heavy atom. The first-order chi connectivity index (χ1) is 14.1. The van der Waals surface area contributed by atoms with Crippen molar-refractivity contribution in [2.75, 3.05) is 26.2 Å². The number of carbonyl (C=O) groups is 3. The van der Waals surface area contributed by atoms with Gasteiger partial charge in [-0.15, -0.1) is 0 Å². The Morgan fingerprint density at radius 1 is 1.10 bits per heavy atom. The van der Waals surface area contributed by atoms with Gasteiger partial charge < -0.3 is 15.0 Å². The minimum atomic E-state index is -0.380. The lowest BCUT2D eigenvalue weighted by molar-refractivity contribution is -0.149. The van der Waals surface area contributed by atoms with E-state index in [1.807, 2.05) is 4.90 Å².